The molecule has 1 aliphatic carbocycles. The Labute approximate surface area is 133 Å². The minimum Gasteiger partial charge on any atom is -0.336 e. The topological polar surface area (TPSA) is 90.0 Å². The Morgan fingerprint density at radius 3 is 2.82 bits per heavy atom. The Balaban J connectivity index is 2.20. The standard InChI is InChI=1S/C15H28N4O2S/c1-12(2)8-19-9-14(17-11-19)22(20,21)18-15(10-16)7-5-4-6-13(15)3/h9,11-13,18H,4-8,10,16H2,1-3H3. The normalized spacial score (nSPS) is 26.5. The van der Waals surface area contributed by atoms with E-state index in [9.17, 15) is 8.42 Å². The van der Waals surface area contributed by atoms with Crippen molar-refractivity contribution in [2.75, 3.05) is 6.54 Å². The van der Waals surface area contributed by atoms with Gasteiger partial charge < -0.3 is 10.3 Å². The van der Waals surface area contributed by atoms with Gasteiger partial charge >= 0.3 is 0 Å². The first kappa shape index (κ1) is 17.4. The van der Waals surface area contributed by atoms with Crippen LogP contribution in [-0.4, -0.2) is 30.1 Å². The molecule has 3 N–H and O–H groups in total. The van der Waals surface area contributed by atoms with Gasteiger partial charge in [-0.05, 0) is 24.7 Å². The number of nitrogens with two attached hydrogens (primary N) is 1. The van der Waals surface area contributed by atoms with Crippen LogP contribution in [-0.2, 0) is 16.6 Å². The maximum atomic E-state index is 12.7. The quantitative estimate of drug-likeness (QED) is 0.832. The Hall–Kier alpha value is -0.920. The molecule has 2 rings (SSSR count). The summed E-state index contributed by atoms with van der Waals surface area (Å²) in [7, 11) is -3.64. The Morgan fingerprint density at radius 2 is 2.23 bits per heavy atom. The lowest BCUT2D eigenvalue weighted by Gasteiger charge is -2.42. The monoisotopic (exact) mass is 328 g/mol. The molecule has 0 aromatic carbocycles. The van der Waals surface area contributed by atoms with E-state index in [2.05, 4.69) is 30.5 Å². The zero-order chi connectivity index (χ0) is 16.4. The summed E-state index contributed by atoms with van der Waals surface area (Å²) in [6.45, 7) is 7.31. The fraction of sp³-hybridized carbons (Fsp3) is 0.800. The summed E-state index contributed by atoms with van der Waals surface area (Å²) in [6, 6.07) is 0. The minimum atomic E-state index is -3.64. The third kappa shape index (κ3) is 3.70. The van der Waals surface area contributed by atoms with Crippen LogP contribution in [0.5, 0.6) is 0 Å². The van der Waals surface area contributed by atoms with E-state index in [0.29, 0.717) is 12.5 Å². The van der Waals surface area contributed by atoms with E-state index in [4.69, 9.17) is 5.73 Å². The number of imidazole rings is 1. The third-order valence-electron chi connectivity index (χ3n) is 4.62. The molecule has 0 amide bonds. The Bertz CT molecular complexity index is 596. The van der Waals surface area contributed by atoms with Gasteiger partial charge in [0, 0.05) is 24.8 Å². The summed E-state index contributed by atoms with van der Waals surface area (Å²) in [6.07, 6.45) is 7.10. The second-order valence-corrected chi connectivity index (χ2v) is 8.54. The average molecular weight is 328 g/mol. The van der Waals surface area contributed by atoms with Crippen molar-refractivity contribution >= 4 is 10.0 Å². The van der Waals surface area contributed by atoms with Gasteiger partial charge in [-0.1, -0.05) is 33.6 Å². The summed E-state index contributed by atoms with van der Waals surface area (Å²) >= 11 is 0. The number of rotatable bonds is 6. The molecule has 1 saturated carbocycles. The summed E-state index contributed by atoms with van der Waals surface area (Å²) < 4.78 is 30.0. The van der Waals surface area contributed by atoms with Crippen molar-refractivity contribution in [3.05, 3.63) is 12.5 Å². The number of hydrogen-bond donors (Lipinski definition) is 2. The van der Waals surface area contributed by atoms with Crippen molar-refractivity contribution in [2.24, 2.45) is 17.6 Å². The molecule has 1 heterocycles. The molecule has 1 aromatic heterocycles. The minimum absolute atomic E-state index is 0.0822. The maximum absolute atomic E-state index is 12.7. The van der Waals surface area contributed by atoms with Gasteiger partial charge in [0.1, 0.15) is 0 Å². The van der Waals surface area contributed by atoms with Crippen LogP contribution in [0.3, 0.4) is 0 Å². The van der Waals surface area contributed by atoms with E-state index >= 15 is 0 Å². The smallest absolute Gasteiger partial charge is 0.260 e. The maximum Gasteiger partial charge on any atom is 0.260 e. The number of nitrogens with one attached hydrogen (secondary N) is 1. The highest BCUT2D eigenvalue weighted by Gasteiger charge is 2.41. The summed E-state index contributed by atoms with van der Waals surface area (Å²) in [5.41, 5.74) is 5.39. The van der Waals surface area contributed by atoms with Gasteiger partial charge in [-0.2, -0.15) is 0 Å². The van der Waals surface area contributed by atoms with Crippen molar-refractivity contribution in [3.8, 4) is 0 Å². The first-order valence-electron chi connectivity index (χ1n) is 8.05. The largest absolute Gasteiger partial charge is 0.336 e. The molecule has 0 bridgehead atoms. The lowest BCUT2D eigenvalue weighted by molar-refractivity contribution is 0.191. The number of nitrogens with zero attached hydrogens (tertiary/aromatic N) is 2. The van der Waals surface area contributed by atoms with Gasteiger partial charge in [0.15, 0.2) is 5.03 Å². The lowest BCUT2D eigenvalue weighted by Crippen LogP contribution is -2.59. The van der Waals surface area contributed by atoms with Gasteiger partial charge in [0.2, 0.25) is 0 Å². The highest BCUT2D eigenvalue weighted by molar-refractivity contribution is 7.89. The zero-order valence-corrected chi connectivity index (χ0v) is 14.6. The van der Waals surface area contributed by atoms with E-state index in [-0.39, 0.29) is 10.9 Å². The van der Waals surface area contributed by atoms with Crippen molar-refractivity contribution in [1.82, 2.24) is 14.3 Å². The fourth-order valence-electron chi connectivity index (χ4n) is 3.23. The highest BCUT2D eigenvalue weighted by Crippen LogP contribution is 2.34. The Kier molecular flexibility index (Phi) is 5.29. The fourth-order valence-corrected chi connectivity index (χ4v) is 4.72. The molecule has 6 nitrogen and oxygen atoms in total. The van der Waals surface area contributed by atoms with Crippen LogP contribution in [0, 0.1) is 11.8 Å². The lowest BCUT2D eigenvalue weighted by atomic mass is 9.74. The summed E-state index contributed by atoms with van der Waals surface area (Å²) in [5.74, 6) is 0.672. The van der Waals surface area contributed by atoms with Crippen molar-refractivity contribution in [2.45, 2.75) is 63.6 Å². The molecule has 7 heteroatoms. The van der Waals surface area contributed by atoms with Crippen LogP contribution in [0.4, 0.5) is 0 Å². The van der Waals surface area contributed by atoms with Crippen LogP contribution in [0.1, 0.15) is 46.5 Å². The van der Waals surface area contributed by atoms with Gasteiger partial charge in [-0.15, -0.1) is 0 Å². The van der Waals surface area contributed by atoms with E-state index in [0.717, 1.165) is 32.2 Å². The summed E-state index contributed by atoms with van der Waals surface area (Å²) in [5, 5.41) is 0.0822. The van der Waals surface area contributed by atoms with Gasteiger partial charge in [-0.25, -0.2) is 18.1 Å². The van der Waals surface area contributed by atoms with Crippen molar-refractivity contribution in [1.29, 1.82) is 0 Å². The predicted molar refractivity (Wildman–Crippen MR) is 86.8 cm³/mol. The molecule has 22 heavy (non-hydrogen) atoms. The van der Waals surface area contributed by atoms with E-state index < -0.39 is 15.6 Å². The zero-order valence-electron chi connectivity index (χ0n) is 13.7. The SMILES string of the molecule is CC(C)Cn1cnc(S(=O)(=O)NC2(CN)CCCCC2C)c1. The molecule has 0 saturated heterocycles. The molecule has 1 fully saturated rings. The molecule has 2 unspecified atom stereocenters. The average Bonchev–Trinajstić information content (AvgIpc) is 2.90. The first-order chi connectivity index (χ1) is 10.3. The number of aromatic nitrogens is 2. The molecular weight excluding hydrogens is 300 g/mol. The molecule has 2 atom stereocenters. The molecule has 1 aromatic rings. The Morgan fingerprint density at radius 1 is 1.50 bits per heavy atom. The van der Waals surface area contributed by atoms with Crippen LogP contribution in [0.15, 0.2) is 17.6 Å². The van der Waals surface area contributed by atoms with Crippen LogP contribution < -0.4 is 10.5 Å². The first-order valence-corrected chi connectivity index (χ1v) is 9.53. The second-order valence-electron chi connectivity index (χ2n) is 6.92. The molecular formula is C15H28N4O2S. The molecule has 126 valence electrons. The second kappa shape index (κ2) is 6.68. The van der Waals surface area contributed by atoms with Crippen LogP contribution in [0.2, 0.25) is 0 Å². The van der Waals surface area contributed by atoms with Crippen molar-refractivity contribution in [3.63, 3.8) is 0 Å². The van der Waals surface area contributed by atoms with E-state index in [1.165, 1.54) is 0 Å². The summed E-state index contributed by atoms with van der Waals surface area (Å²) in [4.78, 5) is 4.07. The molecule has 0 aliphatic heterocycles. The number of hydrogen-bond acceptors (Lipinski definition) is 4. The van der Waals surface area contributed by atoms with Crippen LogP contribution in [0.25, 0.3) is 0 Å². The number of sulfonamides is 1. The predicted octanol–water partition coefficient (Wildman–Crippen LogP) is 1.72. The van der Waals surface area contributed by atoms with E-state index in [1.807, 2.05) is 4.57 Å². The van der Waals surface area contributed by atoms with Gasteiger partial charge in [0.05, 0.1) is 6.33 Å². The van der Waals surface area contributed by atoms with Gasteiger partial charge in [-0.3, -0.25) is 0 Å². The molecule has 1 aliphatic rings. The highest BCUT2D eigenvalue weighted by atomic mass is 32.2. The third-order valence-corrected chi connectivity index (χ3v) is 6.05. The molecule has 0 spiro atoms. The van der Waals surface area contributed by atoms with E-state index in [1.54, 1.807) is 12.5 Å². The van der Waals surface area contributed by atoms with Gasteiger partial charge in [0.25, 0.3) is 10.0 Å². The van der Waals surface area contributed by atoms with Crippen LogP contribution >= 0.6 is 0 Å². The van der Waals surface area contributed by atoms with Crippen molar-refractivity contribution < 1.29 is 8.42 Å². The molecule has 0 radical (unpaired) electrons.